The van der Waals surface area contributed by atoms with Gasteiger partial charge >= 0.3 is 0 Å². The number of anilines is 1. The lowest BCUT2D eigenvalue weighted by Crippen LogP contribution is -2.13. The van der Waals surface area contributed by atoms with E-state index in [0.717, 1.165) is 29.8 Å². The molecule has 0 aromatic heterocycles. The molecular weight excluding hydrogens is 188 g/mol. The van der Waals surface area contributed by atoms with Gasteiger partial charge in [0.2, 0.25) is 0 Å². The first kappa shape index (κ1) is 10.0. The van der Waals surface area contributed by atoms with Crippen LogP contribution in [0.4, 0.5) is 5.69 Å². The van der Waals surface area contributed by atoms with Crippen molar-refractivity contribution in [3.63, 3.8) is 0 Å². The fourth-order valence-corrected chi connectivity index (χ4v) is 1.52. The van der Waals surface area contributed by atoms with E-state index < -0.39 is 0 Å². The molecule has 2 N–H and O–H groups in total. The number of rotatable bonds is 3. The molecule has 0 atom stereocenters. The quantitative estimate of drug-likeness (QED) is 0.587. The van der Waals surface area contributed by atoms with Crippen LogP contribution in [-0.4, -0.2) is 12.9 Å². The molecule has 1 aromatic rings. The third kappa shape index (κ3) is 2.29. The molecule has 0 amide bonds. The summed E-state index contributed by atoms with van der Waals surface area (Å²) >= 11 is 0. The van der Waals surface area contributed by atoms with Gasteiger partial charge in [-0.2, -0.15) is 0 Å². The van der Waals surface area contributed by atoms with E-state index in [4.69, 9.17) is 10.1 Å². The predicted octanol–water partition coefficient (Wildman–Crippen LogP) is 2.80. The minimum atomic E-state index is 0.464. The van der Waals surface area contributed by atoms with Crippen molar-refractivity contribution in [2.24, 2.45) is 5.92 Å². The second kappa shape index (κ2) is 3.93. The molecule has 1 fully saturated rings. The van der Waals surface area contributed by atoms with Crippen LogP contribution in [0.3, 0.4) is 0 Å². The predicted molar refractivity (Wildman–Crippen MR) is 61.8 cm³/mol. The molecule has 0 spiro atoms. The van der Waals surface area contributed by atoms with Crippen LogP contribution in [0.25, 0.3) is 0 Å². The third-order valence-corrected chi connectivity index (χ3v) is 2.69. The topological polar surface area (TPSA) is 45.1 Å². The van der Waals surface area contributed by atoms with Gasteiger partial charge in [0.05, 0.1) is 7.11 Å². The van der Waals surface area contributed by atoms with E-state index in [2.05, 4.69) is 5.32 Å². The Hall–Kier alpha value is -1.51. The molecule has 0 aliphatic heterocycles. The first-order chi connectivity index (χ1) is 7.20. The zero-order valence-corrected chi connectivity index (χ0v) is 9.13. The van der Waals surface area contributed by atoms with Gasteiger partial charge in [-0.15, -0.1) is 0 Å². The largest absolute Gasteiger partial charge is 0.497 e. The fraction of sp³-hybridized carbons (Fsp3) is 0.417. The number of hydrogen-bond donors (Lipinski definition) is 2. The number of benzene rings is 1. The number of methoxy groups -OCH3 is 1. The molecular formula is C12H16N2O. The number of nitrogens with one attached hydrogen (secondary N) is 2. The Labute approximate surface area is 90.0 Å². The Morgan fingerprint density at radius 1 is 1.47 bits per heavy atom. The van der Waals surface area contributed by atoms with Crippen LogP contribution in [0.1, 0.15) is 18.4 Å². The van der Waals surface area contributed by atoms with Crippen LogP contribution >= 0.6 is 0 Å². The molecule has 0 bridgehead atoms. The Morgan fingerprint density at radius 3 is 2.73 bits per heavy atom. The number of aryl methyl sites for hydroxylation is 1. The molecule has 0 heterocycles. The summed E-state index contributed by atoms with van der Waals surface area (Å²) in [5.41, 5.74) is 2.12. The molecule has 1 aliphatic rings. The van der Waals surface area contributed by atoms with Crippen LogP contribution in [0.2, 0.25) is 0 Å². The van der Waals surface area contributed by atoms with Crippen molar-refractivity contribution in [3.05, 3.63) is 23.8 Å². The summed E-state index contributed by atoms with van der Waals surface area (Å²) < 4.78 is 5.13. The van der Waals surface area contributed by atoms with Crippen molar-refractivity contribution in [1.82, 2.24) is 0 Å². The third-order valence-electron chi connectivity index (χ3n) is 2.69. The molecule has 1 saturated carbocycles. The first-order valence-corrected chi connectivity index (χ1v) is 5.21. The maximum absolute atomic E-state index is 7.80. The van der Waals surface area contributed by atoms with Crippen molar-refractivity contribution < 1.29 is 4.74 Å². The molecule has 1 aromatic carbocycles. The van der Waals surface area contributed by atoms with Gasteiger partial charge < -0.3 is 10.1 Å². The summed E-state index contributed by atoms with van der Waals surface area (Å²) in [5.74, 6) is 1.96. The van der Waals surface area contributed by atoms with Crippen LogP contribution in [0, 0.1) is 18.3 Å². The summed E-state index contributed by atoms with van der Waals surface area (Å²) in [6.45, 7) is 2.02. The number of amidine groups is 1. The van der Waals surface area contributed by atoms with E-state index in [0.29, 0.717) is 11.8 Å². The van der Waals surface area contributed by atoms with Gasteiger partial charge in [0.15, 0.2) is 0 Å². The van der Waals surface area contributed by atoms with E-state index in [1.165, 1.54) is 0 Å². The number of hydrogen-bond acceptors (Lipinski definition) is 2. The highest BCUT2D eigenvalue weighted by Crippen LogP contribution is 2.31. The van der Waals surface area contributed by atoms with Crippen LogP contribution < -0.4 is 10.1 Å². The molecule has 0 saturated heterocycles. The molecule has 80 valence electrons. The van der Waals surface area contributed by atoms with Crippen LogP contribution in [-0.2, 0) is 0 Å². The zero-order chi connectivity index (χ0) is 10.8. The fourth-order valence-electron chi connectivity index (χ4n) is 1.52. The standard InChI is InChI=1S/C12H16N2O/c1-8-7-10(15-2)5-6-11(8)14-12(13)9-3-4-9/h5-7,9H,3-4H2,1-2H3,(H2,13,14). The lowest BCUT2D eigenvalue weighted by molar-refractivity contribution is 0.414. The summed E-state index contributed by atoms with van der Waals surface area (Å²) in [6.07, 6.45) is 2.31. The molecule has 0 radical (unpaired) electrons. The molecule has 2 rings (SSSR count). The Kier molecular flexibility index (Phi) is 2.62. The zero-order valence-electron chi connectivity index (χ0n) is 9.13. The van der Waals surface area contributed by atoms with Crippen molar-refractivity contribution in [1.29, 1.82) is 5.41 Å². The van der Waals surface area contributed by atoms with Gasteiger partial charge in [0.1, 0.15) is 11.6 Å². The maximum atomic E-state index is 7.80. The average Bonchev–Trinajstić information content (AvgIpc) is 3.04. The highest BCUT2D eigenvalue weighted by molar-refractivity contribution is 5.96. The van der Waals surface area contributed by atoms with Gasteiger partial charge in [0, 0.05) is 11.6 Å². The molecule has 0 unspecified atom stereocenters. The Balaban J connectivity index is 2.10. The SMILES string of the molecule is COc1ccc(NC(=N)C2CC2)c(C)c1. The van der Waals surface area contributed by atoms with E-state index in [1.54, 1.807) is 7.11 Å². The average molecular weight is 204 g/mol. The van der Waals surface area contributed by atoms with Gasteiger partial charge in [-0.25, -0.2) is 0 Å². The summed E-state index contributed by atoms with van der Waals surface area (Å²) in [6, 6.07) is 5.85. The highest BCUT2D eigenvalue weighted by Gasteiger charge is 2.26. The van der Waals surface area contributed by atoms with Crippen LogP contribution in [0.15, 0.2) is 18.2 Å². The highest BCUT2D eigenvalue weighted by atomic mass is 16.5. The minimum absolute atomic E-state index is 0.464. The normalized spacial score (nSPS) is 14.8. The molecule has 3 nitrogen and oxygen atoms in total. The summed E-state index contributed by atoms with van der Waals surface area (Å²) in [4.78, 5) is 0. The maximum Gasteiger partial charge on any atom is 0.119 e. The van der Waals surface area contributed by atoms with Crippen molar-refractivity contribution in [2.75, 3.05) is 12.4 Å². The Morgan fingerprint density at radius 2 is 2.20 bits per heavy atom. The van der Waals surface area contributed by atoms with Crippen LogP contribution in [0.5, 0.6) is 5.75 Å². The van der Waals surface area contributed by atoms with Gasteiger partial charge in [0.25, 0.3) is 0 Å². The van der Waals surface area contributed by atoms with E-state index in [9.17, 15) is 0 Å². The minimum Gasteiger partial charge on any atom is -0.497 e. The smallest absolute Gasteiger partial charge is 0.119 e. The monoisotopic (exact) mass is 204 g/mol. The van der Waals surface area contributed by atoms with E-state index in [-0.39, 0.29) is 0 Å². The first-order valence-electron chi connectivity index (χ1n) is 5.21. The van der Waals surface area contributed by atoms with E-state index in [1.807, 2.05) is 25.1 Å². The molecule has 3 heteroatoms. The van der Waals surface area contributed by atoms with Gasteiger partial charge in [-0.1, -0.05) is 0 Å². The summed E-state index contributed by atoms with van der Waals surface area (Å²) in [7, 11) is 1.66. The van der Waals surface area contributed by atoms with Crippen molar-refractivity contribution in [3.8, 4) is 5.75 Å². The Bertz CT molecular complexity index is 383. The van der Waals surface area contributed by atoms with Gasteiger partial charge in [-0.05, 0) is 43.5 Å². The van der Waals surface area contributed by atoms with Crippen molar-refractivity contribution in [2.45, 2.75) is 19.8 Å². The summed E-state index contributed by atoms with van der Waals surface area (Å²) in [5, 5.41) is 10.9. The van der Waals surface area contributed by atoms with E-state index >= 15 is 0 Å². The molecule has 1 aliphatic carbocycles. The lowest BCUT2D eigenvalue weighted by atomic mass is 10.2. The lowest BCUT2D eigenvalue weighted by Gasteiger charge is -2.11. The van der Waals surface area contributed by atoms with Crippen molar-refractivity contribution >= 4 is 11.5 Å². The second-order valence-corrected chi connectivity index (χ2v) is 3.99. The number of ether oxygens (including phenoxy) is 1. The molecule has 15 heavy (non-hydrogen) atoms. The van der Waals surface area contributed by atoms with Gasteiger partial charge in [-0.3, -0.25) is 5.41 Å². The second-order valence-electron chi connectivity index (χ2n) is 3.99.